The predicted octanol–water partition coefficient (Wildman–Crippen LogP) is 3.66. The van der Waals surface area contributed by atoms with E-state index >= 15 is 0 Å². The normalized spacial score (nSPS) is 18.6. The van der Waals surface area contributed by atoms with Crippen LogP contribution < -0.4 is 5.32 Å². The van der Waals surface area contributed by atoms with Crippen molar-refractivity contribution in [2.75, 3.05) is 5.32 Å². The fourth-order valence-electron chi connectivity index (χ4n) is 1.69. The summed E-state index contributed by atoms with van der Waals surface area (Å²) in [7, 11) is 0. The minimum atomic E-state index is 0.640. The van der Waals surface area contributed by atoms with Gasteiger partial charge in [0.1, 0.15) is 0 Å². The molecule has 1 aromatic rings. The van der Waals surface area contributed by atoms with Gasteiger partial charge in [0.15, 0.2) is 0 Å². The Balaban J connectivity index is 1.85. The molecule has 0 radical (unpaired) electrons. The lowest BCUT2D eigenvalue weighted by Crippen LogP contribution is -2.15. The second kappa shape index (κ2) is 3.70. The minimum Gasteiger partial charge on any atom is -0.382 e. The van der Waals surface area contributed by atoms with Gasteiger partial charge >= 0.3 is 0 Å². The molecule has 72 valence electrons. The number of hydrogen-bond acceptors (Lipinski definition) is 2. The fourth-order valence-corrected chi connectivity index (χ4v) is 2.48. The maximum absolute atomic E-state index is 3.57. The Bertz CT molecular complexity index is 275. The summed E-state index contributed by atoms with van der Waals surface area (Å²) < 4.78 is 0. The van der Waals surface area contributed by atoms with Crippen LogP contribution in [0.25, 0.3) is 0 Å². The molecule has 0 bridgehead atoms. The first-order valence-corrected chi connectivity index (χ1v) is 5.99. The van der Waals surface area contributed by atoms with E-state index in [1.54, 1.807) is 11.3 Å². The highest BCUT2D eigenvalue weighted by molar-refractivity contribution is 7.08. The lowest BCUT2D eigenvalue weighted by atomic mass is 10.1. The third-order valence-electron chi connectivity index (χ3n) is 2.64. The Morgan fingerprint density at radius 3 is 2.85 bits per heavy atom. The van der Waals surface area contributed by atoms with Crippen molar-refractivity contribution in [1.29, 1.82) is 0 Å². The summed E-state index contributed by atoms with van der Waals surface area (Å²) in [5.74, 6) is 1.02. The Labute approximate surface area is 84.2 Å². The molecule has 0 saturated heterocycles. The minimum absolute atomic E-state index is 0.640. The van der Waals surface area contributed by atoms with Crippen molar-refractivity contribution in [2.45, 2.75) is 39.2 Å². The summed E-state index contributed by atoms with van der Waals surface area (Å²) in [6, 6.07) is 0.640. The van der Waals surface area contributed by atoms with Gasteiger partial charge in [0.05, 0.1) is 0 Å². The summed E-state index contributed by atoms with van der Waals surface area (Å²) in [4.78, 5) is 0. The van der Waals surface area contributed by atoms with Crippen molar-refractivity contribution in [1.82, 2.24) is 0 Å². The van der Waals surface area contributed by atoms with E-state index in [9.17, 15) is 0 Å². The molecule has 2 heteroatoms. The van der Waals surface area contributed by atoms with Crippen molar-refractivity contribution < 1.29 is 0 Å². The maximum Gasteiger partial charge on any atom is 0.0480 e. The third-order valence-corrected chi connectivity index (χ3v) is 3.50. The maximum atomic E-state index is 3.57. The van der Waals surface area contributed by atoms with Gasteiger partial charge in [-0.15, -0.1) is 11.3 Å². The standard InChI is InChI=1S/C11H17NS/c1-8-6-13-7-11(8)12-9(2)5-10-3-4-10/h6-7,9-10,12H,3-5H2,1-2H3. The van der Waals surface area contributed by atoms with E-state index in [4.69, 9.17) is 0 Å². The lowest BCUT2D eigenvalue weighted by molar-refractivity contribution is 0.642. The van der Waals surface area contributed by atoms with Gasteiger partial charge in [0.2, 0.25) is 0 Å². The zero-order valence-electron chi connectivity index (χ0n) is 8.34. The van der Waals surface area contributed by atoms with Gasteiger partial charge in [-0.1, -0.05) is 12.8 Å². The second-order valence-electron chi connectivity index (χ2n) is 4.19. The zero-order chi connectivity index (χ0) is 9.26. The van der Waals surface area contributed by atoms with E-state index in [1.807, 2.05) is 0 Å². The van der Waals surface area contributed by atoms with Crippen LogP contribution in [0.5, 0.6) is 0 Å². The molecule has 2 rings (SSSR count). The fraction of sp³-hybridized carbons (Fsp3) is 0.636. The molecule has 0 spiro atoms. The Morgan fingerprint density at radius 2 is 2.31 bits per heavy atom. The van der Waals surface area contributed by atoms with Crippen molar-refractivity contribution in [3.8, 4) is 0 Å². The molecule has 0 amide bonds. The number of thiophene rings is 1. The van der Waals surface area contributed by atoms with Crippen LogP contribution in [0, 0.1) is 12.8 Å². The van der Waals surface area contributed by atoms with Crippen molar-refractivity contribution in [3.63, 3.8) is 0 Å². The lowest BCUT2D eigenvalue weighted by Gasteiger charge is -2.14. The Kier molecular flexibility index (Phi) is 2.58. The van der Waals surface area contributed by atoms with E-state index in [2.05, 4.69) is 29.9 Å². The SMILES string of the molecule is Cc1cscc1NC(C)CC1CC1. The Hall–Kier alpha value is -0.500. The highest BCUT2D eigenvalue weighted by Gasteiger charge is 2.23. The first-order chi connectivity index (χ1) is 6.25. The van der Waals surface area contributed by atoms with Crippen molar-refractivity contribution in [2.24, 2.45) is 5.92 Å². The first-order valence-electron chi connectivity index (χ1n) is 5.05. The molecular formula is C11H17NS. The van der Waals surface area contributed by atoms with Gasteiger partial charge in [-0.2, -0.15) is 0 Å². The topological polar surface area (TPSA) is 12.0 Å². The molecule has 1 aliphatic carbocycles. The highest BCUT2D eigenvalue weighted by Crippen LogP contribution is 2.34. The van der Waals surface area contributed by atoms with Gasteiger partial charge < -0.3 is 5.32 Å². The second-order valence-corrected chi connectivity index (χ2v) is 4.94. The number of aryl methyl sites for hydroxylation is 1. The molecule has 1 N–H and O–H groups in total. The Morgan fingerprint density at radius 1 is 1.54 bits per heavy atom. The quantitative estimate of drug-likeness (QED) is 0.773. The summed E-state index contributed by atoms with van der Waals surface area (Å²) in [5.41, 5.74) is 2.71. The number of rotatable bonds is 4. The van der Waals surface area contributed by atoms with E-state index in [-0.39, 0.29) is 0 Å². The molecule has 13 heavy (non-hydrogen) atoms. The molecule has 1 aromatic heterocycles. The van der Waals surface area contributed by atoms with E-state index in [0.29, 0.717) is 6.04 Å². The molecule has 1 fully saturated rings. The number of hydrogen-bond donors (Lipinski definition) is 1. The van der Waals surface area contributed by atoms with Gasteiger partial charge in [0, 0.05) is 17.1 Å². The van der Waals surface area contributed by atoms with Crippen LogP contribution in [-0.4, -0.2) is 6.04 Å². The van der Waals surface area contributed by atoms with Crippen LogP contribution in [-0.2, 0) is 0 Å². The summed E-state index contributed by atoms with van der Waals surface area (Å²) >= 11 is 1.78. The molecule has 1 heterocycles. The molecule has 1 saturated carbocycles. The average molecular weight is 195 g/mol. The molecule has 1 nitrogen and oxygen atoms in total. The third kappa shape index (κ3) is 2.47. The summed E-state index contributed by atoms with van der Waals surface area (Å²) in [6.45, 7) is 4.46. The molecule has 0 aromatic carbocycles. The molecule has 0 aliphatic heterocycles. The van der Waals surface area contributed by atoms with E-state index in [1.165, 1.54) is 30.5 Å². The van der Waals surface area contributed by atoms with Crippen LogP contribution in [0.2, 0.25) is 0 Å². The molecule has 1 unspecified atom stereocenters. The van der Waals surface area contributed by atoms with E-state index in [0.717, 1.165) is 5.92 Å². The zero-order valence-corrected chi connectivity index (χ0v) is 9.16. The first kappa shape index (κ1) is 9.07. The largest absolute Gasteiger partial charge is 0.382 e. The smallest absolute Gasteiger partial charge is 0.0480 e. The van der Waals surface area contributed by atoms with Crippen LogP contribution in [0.15, 0.2) is 10.8 Å². The van der Waals surface area contributed by atoms with Gasteiger partial charge in [-0.25, -0.2) is 0 Å². The predicted molar refractivity (Wildman–Crippen MR) is 59.5 cm³/mol. The van der Waals surface area contributed by atoms with Gasteiger partial charge in [-0.3, -0.25) is 0 Å². The van der Waals surface area contributed by atoms with Gasteiger partial charge in [0.25, 0.3) is 0 Å². The molecule has 1 aliphatic rings. The average Bonchev–Trinajstić information content (AvgIpc) is 2.79. The molecule has 1 atom stereocenters. The van der Waals surface area contributed by atoms with Crippen LogP contribution in [0.1, 0.15) is 31.7 Å². The van der Waals surface area contributed by atoms with Crippen LogP contribution >= 0.6 is 11.3 Å². The summed E-state index contributed by atoms with van der Waals surface area (Å²) in [6.07, 6.45) is 4.25. The monoisotopic (exact) mass is 195 g/mol. The van der Waals surface area contributed by atoms with E-state index < -0.39 is 0 Å². The number of nitrogens with one attached hydrogen (secondary N) is 1. The van der Waals surface area contributed by atoms with Crippen molar-refractivity contribution >= 4 is 17.0 Å². The molecular weight excluding hydrogens is 178 g/mol. The van der Waals surface area contributed by atoms with Crippen molar-refractivity contribution in [3.05, 3.63) is 16.3 Å². The van der Waals surface area contributed by atoms with Crippen LogP contribution in [0.4, 0.5) is 5.69 Å². The van der Waals surface area contributed by atoms with Gasteiger partial charge in [-0.05, 0) is 37.1 Å². The highest BCUT2D eigenvalue weighted by atomic mass is 32.1. The number of anilines is 1. The van der Waals surface area contributed by atoms with Crippen LogP contribution in [0.3, 0.4) is 0 Å². The summed E-state index contributed by atoms with van der Waals surface area (Å²) in [5, 5.41) is 7.98.